The van der Waals surface area contributed by atoms with Crippen molar-refractivity contribution in [1.29, 1.82) is 0 Å². The summed E-state index contributed by atoms with van der Waals surface area (Å²) in [6, 6.07) is 7.22. The van der Waals surface area contributed by atoms with Gasteiger partial charge in [-0.15, -0.1) is 11.3 Å². The van der Waals surface area contributed by atoms with Crippen LogP contribution in [0.1, 0.15) is 38.6 Å². The fourth-order valence-corrected chi connectivity index (χ4v) is 3.53. The lowest BCUT2D eigenvalue weighted by Gasteiger charge is -2.17. The first-order valence-electron chi connectivity index (χ1n) is 6.25. The first-order valence-corrected chi connectivity index (χ1v) is 7.45. The zero-order valence-electron chi connectivity index (χ0n) is 11.5. The topological polar surface area (TPSA) is 49.3 Å². The summed E-state index contributed by atoms with van der Waals surface area (Å²) in [4.78, 5) is 13.8. The number of rotatable bonds is 4. The van der Waals surface area contributed by atoms with E-state index in [1.165, 1.54) is 15.3 Å². The van der Waals surface area contributed by atoms with Gasteiger partial charge in [-0.25, -0.2) is 4.79 Å². The summed E-state index contributed by atoms with van der Waals surface area (Å²) in [5.41, 5.74) is 1.84. The van der Waals surface area contributed by atoms with Crippen LogP contribution in [0.4, 0.5) is 5.69 Å². The second kappa shape index (κ2) is 5.85. The molecule has 0 spiro atoms. The molecule has 2 rings (SSSR count). The van der Waals surface area contributed by atoms with E-state index in [4.69, 9.17) is 11.6 Å². The van der Waals surface area contributed by atoms with Gasteiger partial charge in [0.1, 0.15) is 5.56 Å². The van der Waals surface area contributed by atoms with Crippen molar-refractivity contribution < 1.29 is 9.90 Å². The van der Waals surface area contributed by atoms with Crippen molar-refractivity contribution in [2.24, 2.45) is 0 Å². The molecule has 0 bridgehead atoms. The first kappa shape index (κ1) is 14.9. The number of nitrogens with one attached hydrogen (secondary N) is 1. The van der Waals surface area contributed by atoms with Crippen LogP contribution < -0.4 is 5.32 Å². The summed E-state index contributed by atoms with van der Waals surface area (Å²) in [7, 11) is 0. The van der Waals surface area contributed by atoms with Gasteiger partial charge in [-0.05, 0) is 44.5 Å². The fraction of sp³-hybridized carbons (Fsp3) is 0.267. The highest BCUT2D eigenvalue weighted by Crippen LogP contribution is 2.31. The second-order valence-electron chi connectivity index (χ2n) is 4.70. The van der Waals surface area contributed by atoms with Crippen LogP contribution in [0, 0.1) is 13.8 Å². The quantitative estimate of drug-likeness (QED) is 0.845. The molecule has 20 heavy (non-hydrogen) atoms. The molecule has 106 valence electrons. The maximum absolute atomic E-state index is 11.3. The van der Waals surface area contributed by atoms with E-state index in [-0.39, 0.29) is 16.6 Å². The zero-order chi connectivity index (χ0) is 14.9. The minimum atomic E-state index is -1.02. The third-order valence-corrected chi connectivity index (χ3v) is 4.44. The number of anilines is 1. The lowest BCUT2D eigenvalue weighted by Crippen LogP contribution is -2.11. The molecule has 1 atom stereocenters. The Kier molecular flexibility index (Phi) is 4.35. The second-order valence-corrected chi connectivity index (χ2v) is 6.57. The van der Waals surface area contributed by atoms with Crippen LogP contribution in [-0.4, -0.2) is 11.1 Å². The van der Waals surface area contributed by atoms with Crippen LogP contribution in [0.25, 0.3) is 0 Å². The molecule has 0 fully saturated rings. The van der Waals surface area contributed by atoms with Crippen molar-refractivity contribution in [2.45, 2.75) is 26.8 Å². The molecule has 1 aromatic carbocycles. The fourth-order valence-electron chi connectivity index (χ4n) is 2.25. The SMILES string of the molecule is Cc1cc(C(C)Nc2cccc(Cl)c2C(=O)O)c(C)s1. The summed E-state index contributed by atoms with van der Waals surface area (Å²) in [6.07, 6.45) is 0. The van der Waals surface area contributed by atoms with Crippen molar-refractivity contribution in [3.63, 3.8) is 0 Å². The van der Waals surface area contributed by atoms with Crippen molar-refractivity contribution in [1.82, 2.24) is 0 Å². The molecule has 2 N–H and O–H groups in total. The minimum absolute atomic E-state index is 0.0246. The van der Waals surface area contributed by atoms with Crippen molar-refractivity contribution in [3.8, 4) is 0 Å². The molecule has 0 aliphatic heterocycles. The van der Waals surface area contributed by atoms with E-state index < -0.39 is 5.97 Å². The lowest BCUT2D eigenvalue weighted by atomic mass is 10.1. The molecule has 0 aliphatic carbocycles. The molecule has 0 amide bonds. The number of aromatic carboxylic acids is 1. The molecule has 1 unspecified atom stereocenters. The van der Waals surface area contributed by atoms with Crippen LogP contribution in [0.2, 0.25) is 5.02 Å². The van der Waals surface area contributed by atoms with E-state index in [1.807, 2.05) is 6.92 Å². The van der Waals surface area contributed by atoms with Gasteiger partial charge in [-0.1, -0.05) is 17.7 Å². The molecule has 0 radical (unpaired) electrons. The summed E-state index contributed by atoms with van der Waals surface area (Å²) in [5, 5.41) is 12.8. The van der Waals surface area contributed by atoms with Crippen molar-refractivity contribution in [2.75, 3.05) is 5.32 Å². The Morgan fingerprint density at radius 2 is 2.10 bits per heavy atom. The predicted molar refractivity (Wildman–Crippen MR) is 84.2 cm³/mol. The van der Waals surface area contributed by atoms with Crippen LogP contribution in [0.5, 0.6) is 0 Å². The Hall–Kier alpha value is -1.52. The Balaban J connectivity index is 2.33. The smallest absolute Gasteiger partial charge is 0.339 e. The van der Waals surface area contributed by atoms with Gasteiger partial charge in [-0.2, -0.15) is 0 Å². The molecule has 1 aromatic heterocycles. The first-order chi connectivity index (χ1) is 9.40. The molecule has 0 aliphatic rings. The monoisotopic (exact) mass is 309 g/mol. The van der Waals surface area contributed by atoms with Crippen LogP contribution in [0.15, 0.2) is 24.3 Å². The van der Waals surface area contributed by atoms with Gasteiger partial charge in [0, 0.05) is 15.8 Å². The van der Waals surface area contributed by atoms with Gasteiger partial charge in [0.25, 0.3) is 0 Å². The lowest BCUT2D eigenvalue weighted by molar-refractivity contribution is 0.0698. The standard InChI is InChI=1S/C15H16ClNO2S/c1-8-7-11(10(3)20-8)9(2)17-13-6-4-5-12(16)14(13)15(18)19/h4-7,9,17H,1-3H3,(H,18,19). The largest absolute Gasteiger partial charge is 0.478 e. The summed E-state index contributed by atoms with van der Waals surface area (Å²) in [6.45, 7) is 6.15. The van der Waals surface area contributed by atoms with Crippen LogP contribution in [-0.2, 0) is 0 Å². The van der Waals surface area contributed by atoms with Gasteiger partial charge in [0.15, 0.2) is 0 Å². The number of hydrogen-bond donors (Lipinski definition) is 2. The average Bonchev–Trinajstić information content (AvgIpc) is 2.68. The van der Waals surface area contributed by atoms with E-state index >= 15 is 0 Å². The van der Waals surface area contributed by atoms with Crippen LogP contribution in [0.3, 0.4) is 0 Å². The average molecular weight is 310 g/mol. The minimum Gasteiger partial charge on any atom is -0.478 e. The number of benzene rings is 1. The predicted octanol–water partition coefficient (Wildman–Crippen LogP) is 4.89. The highest BCUT2D eigenvalue weighted by Gasteiger charge is 2.17. The summed E-state index contributed by atoms with van der Waals surface area (Å²) < 4.78 is 0. The van der Waals surface area contributed by atoms with Gasteiger partial charge in [0.2, 0.25) is 0 Å². The Morgan fingerprint density at radius 3 is 2.65 bits per heavy atom. The highest BCUT2D eigenvalue weighted by molar-refractivity contribution is 7.12. The number of hydrogen-bond acceptors (Lipinski definition) is 3. The third-order valence-electron chi connectivity index (χ3n) is 3.15. The maximum atomic E-state index is 11.3. The number of aryl methyl sites for hydroxylation is 2. The van der Waals surface area contributed by atoms with E-state index in [9.17, 15) is 9.90 Å². The van der Waals surface area contributed by atoms with Gasteiger partial charge in [0.05, 0.1) is 10.7 Å². The number of carboxylic acids is 1. The maximum Gasteiger partial charge on any atom is 0.339 e. The normalized spacial score (nSPS) is 12.2. The zero-order valence-corrected chi connectivity index (χ0v) is 13.1. The van der Waals surface area contributed by atoms with E-state index in [0.29, 0.717) is 5.69 Å². The van der Waals surface area contributed by atoms with E-state index in [2.05, 4.69) is 25.2 Å². The van der Waals surface area contributed by atoms with Crippen LogP contribution >= 0.6 is 22.9 Å². The Bertz CT molecular complexity index is 651. The number of carboxylic acid groups (broad SMARTS) is 1. The number of thiophene rings is 1. The Labute approximate surface area is 127 Å². The molecular weight excluding hydrogens is 294 g/mol. The summed E-state index contributed by atoms with van der Waals surface area (Å²) >= 11 is 7.71. The number of carbonyl (C=O) groups is 1. The molecule has 0 saturated carbocycles. The van der Waals surface area contributed by atoms with Gasteiger partial charge >= 0.3 is 5.97 Å². The molecule has 0 saturated heterocycles. The molecule has 3 nitrogen and oxygen atoms in total. The van der Waals surface area contributed by atoms with E-state index in [0.717, 1.165) is 0 Å². The third kappa shape index (κ3) is 2.97. The van der Waals surface area contributed by atoms with Gasteiger partial charge in [-0.3, -0.25) is 0 Å². The number of halogens is 1. The molecule has 5 heteroatoms. The molecular formula is C15H16ClNO2S. The van der Waals surface area contributed by atoms with E-state index in [1.54, 1.807) is 29.5 Å². The highest BCUT2D eigenvalue weighted by atomic mass is 35.5. The van der Waals surface area contributed by atoms with Crippen molar-refractivity contribution in [3.05, 3.63) is 50.2 Å². The molecule has 2 aromatic rings. The molecule has 1 heterocycles. The van der Waals surface area contributed by atoms with Crippen molar-refractivity contribution >= 4 is 34.6 Å². The summed E-state index contributed by atoms with van der Waals surface area (Å²) in [5.74, 6) is -1.02. The Morgan fingerprint density at radius 1 is 1.40 bits per heavy atom. The van der Waals surface area contributed by atoms with Gasteiger partial charge < -0.3 is 10.4 Å².